The Labute approximate surface area is 154 Å². The SMILES string of the molecule is CCCN(CCC)Cc1ccc(OC2OC(CO)C(O)C(O)C2O)cc1. The Bertz CT molecular complexity index is 517. The average Bonchev–Trinajstić information content (AvgIpc) is 2.64. The van der Waals surface area contributed by atoms with Crippen molar-refractivity contribution < 1.29 is 29.9 Å². The first kappa shape index (κ1) is 21.1. The normalized spacial score (nSPS) is 29.1. The van der Waals surface area contributed by atoms with Crippen molar-refractivity contribution in [1.29, 1.82) is 0 Å². The van der Waals surface area contributed by atoms with Gasteiger partial charge in [0.1, 0.15) is 30.2 Å². The second-order valence-electron chi connectivity index (χ2n) is 6.74. The third-order valence-electron chi connectivity index (χ3n) is 4.51. The third-order valence-corrected chi connectivity index (χ3v) is 4.51. The van der Waals surface area contributed by atoms with Crippen molar-refractivity contribution in [3.05, 3.63) is 29.8 Å². The van der Waals surface area contributed by atoms with Crippen molar-refractivity contribution in [2.24, 2.45) is 0 Å². The fraction of sp³-hybridized carbons (Fsp3) is 0.684. The van der Waals surface area contributed by atoms with Crippen LogP contribution < -0.4 is 4.74 Å². The molecule has 4 N–H and O–H groups in total. The summed E-state index contributed by atoms with van der Waals surface area (Å²) in [6.45, 7) is 6.82. The first-order chi connectivity index (χ1) is 12.5. The highest BCUT2D eigenvalue weighted by Gasteiger charge is 2.44. The van der Waals surface area contributed by atoms with Gasteiger partial charge in [0.05, 0.1) is 6.61 Å². The molecular weight excluding hydrogens is 338 g/mol. The molecule has 7 nitrogen and oxygen atoms in total. The van der Waals surface area contributed by atoms with Gasteiger partial charge in [-0.2, -0.15) is 0 Å². The van der Waals surface area contributed by atoms with Gasteiger partial charge in [0.15, 0.2) is 0 Å². The second-order valence-corrected chi connectivity index (χ2v) is 6.74. The molecule has 7 heteroatoms. The number of aliphatic hydroxyl groups is 4. The first-order valence-electron chi connectivity index (χ1n) is 9.28. The number of nitrogens with zero attached hydrogens (tertiary/aromatic N) is 1. The van der Waals surface area contributed by atoms with Crippen molar-refractivity contribution in [3.63, 3.8) is 0 Å². The summed E-state index contributed by atoms with van der Waals surface area (Å²) < 4.78 is 11.0. The van der Waals surface area contributed by atoms with Gasteiger partial charge in [-0.05, 0) is 43.6 Å². The summed E-state index contributed by atoms with van der Waals surface area (Å²) in [4.78, 5) is 2.40. The number of benzene rings is 1. The third kappa shape index (κ3) is 5.39. The highest BCUT2D eigenvalue weighted by molar-refractivity contribution is 5.27. The van der Waals surface area contributed by atoms with Crippen LogP contribution in [0.3, 0.4) is 0 Å². The van der Waals surface area contributed by atoms with Crippen LogP contribution in [-0.4, -0.2) is 75.7 Å². The van der Waals surface area contributed by atoms with Crippen LogP contribution in [0.5, 0.6) is 5.75 Å². The van der Waals surface area contributed by atoms with Crippen LogP contribution in [0.25, 0.3) is 0 Å². The summed E-state index contributed by atoms with van der Waals surface area (Å²) in [5.74, 6) is 0.482. The molecule has 1 aliphatic rings. The number of rotatable bonds is 9. The quantitative estimate of drug-likeness (QED) is 0.502. The summed E-state index contributed by atoms with van der Waals surface area (Å²) in [5, 5.41) is 38.9. The van der Waals surface area contributed by atoms with Gasteiger partial charge in [0.25, 0.3) is 0 Å². The van der Waals surface area contributed by atoms with Crippen LogP contribution >= 0.6 is 0 Å². The first-order valence-corrected chi connectivity index (χ1v) is 9.28. The topological polar surface area (TPSA) is 103 Å². The Morgan fingerprint density at radius 3 is 2.12 bits per heavy atom. The monoisotopic (exact) mass is 369 g/mol. The minimum absolute atomic E-state index is 0.478. The lowest BCUT2D eigenvalue weighted by molar-refractivity contribution is -0.277. The van der Waals surface area contributed by atoms with Crippen LogP contribution in [0.4, 0.5) is 0 Å². The molecule has 0 amide bonds. The maximum absolute atomic E-state index is 10.0. The number of hydrogen-bond acceptors (Lipinski definition) is 7. The molecule has 1 fully saturated rings. The van der Waals surface area contributed by atoms with E-state index in [1.54, 1.807) is 12.1 Å². The van der Waals surface area contributed by atoms with Crippen LogP contribution in [-0.2, 0) is 11.3 Å². The van der Waals surface area contributed by atoms with E-state index in [4.69, 9.17) is 9.47 Å². The maximum atomic E-state index is 10.0. The zero-order chi connectivity index (χ0) is 19.1. The molecule has 1 aromatic rings. The molecule has 2 rings (SSSR count). The van der Waals surface area contributed by atoms with Crippen LogP contribution in [0.2, 0.25) is 0 Å². The van der Waals surface area contributed by atoms with Gasteiger partial charge in [-0.3, -0.25) is 4.90 Å². The fourth-order valence-corrected chi connectivity index (χ4v) is 3.13. The molecule has 0 bridgehead atoms. The van der Waals surface area contributed by atoms with E-state index in [1.165, 1.54) is 0 Å². The summed E-state index contributed by atoms with van der Waals surface area (Å²) >= 11 is 0. The van der Waals surface area contributed by atoms with E-state index in [0.29, 0.717) is 5.75 Å². The Hall–Kier alpha value is -1.22. The molecule has 0 aliphatic carbocycles. The van der Waals surface area contributed by atoms with E-state index in [1.807, 2.05) is 12.1 Å². The Morgan fingerprint density at radius 1 is 0.962 bits per heavy atom. The highest BCUT2D eigenvalue weighted by atomic mass is 16.7. The lowest BCUT2D eigenvalue weighted by Crippen LogP contribution is -2.60. The van der Waals surface area contributed by atoms with Gasteiger partial charge < -0.3 is 29.9 Å². The molecule has 26 heavy (non-hydrogen) atoms. The number of ether oxygens (including phenoxy) is 2. The van der Waals surface area contributed by atoms with Crippen molar-refractivity contribution >= 4 is 0 Å². The van der Waals surface area contributed by atoms with Gasteiger partial charge in [-0.1, -0.05) is 26.0 Å². The van der Waals surface area contributed by atoms with Gasteiger partial charge in [-0.15, -0.1) is 0 Å². The number of aliphatic hydroxyl groups excluding tert-OH is 4. The molecular formula is C19H31NO6. The van der Waals surface area contributed by atoms with Crippen molar-refractivity contribution in [1.82, 2.24) is 4.90 Å². The van der Waals surface area contributed by atoms with Gasteiger partial charge >= 0.3 is 0 Å². The van der Waals surface area contributed by atoms with Gasteiger partial charge in [-0.25, -0.2) is 0 Å². The van der Waals surface area contributed by atoms with E-state index < -0.39 is 37.3 Å². The zero-order valence-corrected chi connectivity index (χ0v) is 15.5. The van der Waals surface area contributed by atoms with E-state index in [9.17, 15) is 20.4 Å². The fourth-order valence-electron chi connectivity index (χ4n) is 3.13. The summed E-state index contributed by atoms with van der Waals surface area (Å²) in [5.41, 5.74) is 1.16. The van der Waals surface area contributed by atoms with Gasteiger partial charge in [0, 0.05) is 6.54 Å². The lowest BCUT2D eigenvalue weighted by atomic mass is 9.99. The maximum Gasteiger partial charge on any atom is 0.229 e. The minimum atomic E-state index is -1.44. The van der Waals surface area contributed by atoms with Crippen LogP contribution in [0.1, 0.15) is 32.3 Å². The van der Waals surface area contributed by atoms with Crippen molar-refractivity contribution in [2.45, 2.75) is 63.9 Å². The molecule has 1 saturated heterocycles. The predicted molar refractivity (Wildman–Crippen MR) is 96.7 cm³/mol. The molecule has 1 heterocycles. The van der Waals surface area contributed by atoms with E-state index >= 15 is 0 Å². The standard InChI is InChI=1S/C19H31NO6/c1-3-9-20(10-4-2)11-13-5-7-14(8-6-13)25-19-18(24)17(23)16(22)15(12-21)26-19/h5-8,15-19,21-24H,3-4,9-12H2,1-2H3. The smallest absolute Gasteiger partial charge is 0.229 e. The van der Waals surface area contributed by atoms with Crippen molar-refractivity contribution in [3.8, 4) is 5.75 Å². The summed E-state index contributed by atoms with van der Waals surface area (Å²) in [7, 11) is 0. The molecule has 5 unspecified atom stereocenters. The molecule has 0 saturated carbocycles. The molecule has 0 spiro atoms. The summed E-state index contributed by atoms with van der Waals surface area (Å²) in [6, 6.07) is 7.48. The molecule has 0 aromatic heterocycles. The molecule has 1 aliphatic heterocycles. The molecule has 1 aromatic carbocycles. The van der Waals surface area contributed by atoms with E-state index in [2.05, 4.69) is 18.7 Å². The van der Waals surface area contributed by atoms with Crippen molar-refractivity contribution in [2.75, 3.05) is 19.7 Å². The Balaban J connectivity index is 1.97. The predicted octanol–water partition coefficient (Wildman–Crippen LogP) is 0.487. The Kier molecular flexibility index (Phi) is 8.27. The molecule has 5 atom stereocenters. The average molecular weight is 369 g/mol. The zero-order valence-electron chi connectivity index (χ0n) is 15.5. The molecule has 0 radical (unpaired) electrons. The van der Waals surface area contributed by atoms with Crippen LogP contribution in [0.15, 0.2) is 24.3 Å². The molecule has 148 valence electrons. The van der Waals surface area contributed by atoms with E-state index in [0.717, 1.165) is 38.0 Å². The van der Waals surface area contributed by atoms with E-state index in [-0.39, 0.29) is 0 Å². The van der Waals surface area contributed by atoms with Crippen LogP contribution in [0, 0.1) is 0 Å². The largest absolute Gasteiger partial charge is 0.462 e. The second kappa shape index (κ2) is 10.2. The number of hydrogen-bond donors (Lipinski definition) is 4. The lowest BCUT2D eigenvalue weighted by Gasteiger charge is -2.39. The highest BCUT2D eigenvalue weighted by Crippen LogP contribution is 2.24. The Morgan fingerprint density at radius 2 is 1.58 bits per heavy atom. The van der Waals surface area contributed by atoms with Gasteiger partial charge in [0.2, 0.25) is 6.29 Å². The minimum Gasteiger partial charge on any atom is -0.462 e. The summed E-state index contributed by atoms with van der Waals surface area (Å²) in [6.07, 6.45) is -4.15.